The average molecular weight is 874 g/mol. The predicted molar refractivity (Wildman–Crippen MR) is 218 cm³/mol. The fourth-order valence-electron chi connectivity index (χ4n) is 7.66. The SMILES string of the molecule is COC(=O)NC/C=C\c1nc(CCC(O)C([Se]c2ccccc2)C(=O)O[C@@H]2C[C@H]3C[C@H](OC)C[C@H]4O[C@@H](CC[C@@H]4C)C[C@H](/C=C/CC(C)C)OC(=O)C[C@@H](C2)O3)co1. The van der Waals surface area contributed by atoms with E-state index >= 15 is 0 Å². The number of methoxy groups -OCH3 is 2. The first-order valence-electron chi connectivity index (χ1n) is 20.7. The zero-order valence-electron chi connectivity index (χ0n) is 34.5. The van der Waals surface area contributed by atoms with Crippen LogP contribution in [0.1, 0.15) is 96.6 Å². The Kier molecular flexibility index (Phi) is 18.3. The number of nitrogens with zero attached hydrogens (tertiary/aromatic N) is 1. The number of carbonyl (C=O) groups is 3. The van der Waals surface area contributed by atoms with Crippen LogP contribution in [0, 0.1) is 11.8 Å². The summed E-state index contributed by atoms with van der Waals surface area (Å²) in [6.45, 7) is 6.77. The molecule has 2 aromatic rings. The number of carbonyl (C=O) groups excluding carboxylic acids is 3. The number of hydrogen-bond acceptors (Lipinski definition) is 12. The van der Waals surface area contributed by atoms with Gasteiger partial charge in [0, 0.05) is 0 Å². The van der Waals surface area contributed by atoms with Gasteiger partial charge < -0.3 is 4.74 Å². The van der Waals surface area contributed by atoms with Gasteiger partial charge in [0.25, 0.3) is 0 Å². The van der Waals surface area contributed by atoms with Gasteiger partial charge in [0.1, 0.15) is 0 Å². The second-order valence-corrected chi connectivity index (χ2v) is 18.6. The van der Waals surface area contributed by atoms with Gasteiger partial charge >= 0.3 is 301 Å². The summed E-state index contributed by atoms with van der Waals surface area (Å²) in [5.74, 6) is 0.348. The summed E-state index contributed by atoms with van der Waals surface area (Å²) in [5.41, 5.74) is 0.620. The molecule has 10 atom stereocenters. The van der Waals surface area contributed by atoms with E-state index in [-0.39, 0.29) is 49.8 Å². The molecule has 13 nitrogen and oxygen atoms in total. The van der Waals surface area contributed by atoms with Gasteiger partial charge in [0.05, 0.1) is 7.11 Å². The number of allylic oxidation sites excluding steroid dienone is 1. The normalized spacial score (nSPS) is 28.1. The summed E-state index contributed by atoms with van der Waals surface area (Å²) >= 11 is -0.447. The number of amides is 1. The molecule has 3 aliphatic rings. The minimum absolute atomic E-state index is 0.00579. The monoisotopic (exact) mass is 874 g/mol. The number of aliphatic hydroxyl groups excluding tert-OH is 1. The molecule has 58 heavy (non-hydrogen) atoms. The summed E-state index contributed by atoms with van der Waals surface area (Å²) in [4.78, 5) is 42.7. The third-order valence-corrected chi connectivity index (χ3v) is 13.6. The van der Waals surface area contributed by atoms with Crippen LogP contribution in [0.3, 0.4) is 0 Å². The van der Waals surface area contributed by atoms with Crippen molar-refractivity contribution in [3.05, 3.63) is 66.4 Å². The number of rotatable bonds is 15. The van der Waals surface area contributed by atoms with Crippen LogP contribution in [0.4, 0.5) is 4.79 Å². The number of aryl methyl sites for hydroxylation is 1. The minimum atomic E-state index is -1.01. The number of alkyl carbamates (subject to hydrolysis) is 1. The maximum atomic E-state index is 14.2. The van der Waals surface area contributed by atoms with Crippen molar-refractivity contribution in [1.82, 2.24) is 10.3 Å². The number of ether oxygens (including phenoxy) is 6. The fraction of sp³-hybridized carbons (Fsp3) is 0.636. The average Bonchev–Trinajstić information content (AvgIpc) is 3.65. The van der Waals surface area contributed by atoms with Gasteiger partial charge in [-0.15, -0.1) is 0 Å². The Labute approximate surface area is 349 Å². The second-order valence-electron chi connectivity index (χ2n) is 16.0. The molecule has 14 heteroatoms. The molecule has 3 saturated heterocycles. The number of fused-ring (bicyclic) bond motifs is 4. The van der Waals surface area contributed by atoms with Crippen LogP contribution in [0.15, 0.2) is 59.2 Å². The zero-order chi connectivity index (χ0) is 41.4. The molecule has 320 valence electrons. The van der Waals surface area contributed by atoms with Crippen LogP contribution in [0.5, 0.6) is 0 Å². The van der Waals surface area contributed by atoms with Crippen LogP contribution in [-0.2, 0) is 44.4 Å². The number of aliphatic hydroxyl groups is 1. The summed E-state index contributed by atoms with van der Waals surface area (Å²) in [5, 5.41) is 14.1. The van der Waals surface area contributed by atoms with E-state index in [0.717, 1.165) is 23.7 Å². The Morgan fingerprint density at radius 1 is 1.00 bits per heavy atom. The topological polar surface area (TPSA) is 165 Å². The van der Waals surface area contributed by atoms with E-state index in [9.17, 15) is 19.5 Å². The molecule has 3 aliphatic heterocycles. The molecule has 0 spiro atoms. The summed E-state index contributed by atoms with van der Waals surface area (Å²) < 4.78 is 42.7. The maximum absolute atomic E-state index is 14.2. The number of nitrogens with one attached hydrogen (secondary N) is 1. The molecule has 1 aromatic heterocycles. The van der Waals surface area contributed by atoms with Crippen LogP contribution < -0.4 is 9.78 Å². The van der Waals surface area contributed by atoms with Crippen molar-refractivity contribution in [2.24, 2.45) is 11.8 Å². The van der Waals surface area contributed by atoms with Crippen LogP contribution in [-0.4, -0.2) is 113 Å². The Morgan fingerprint density at radius 2 is 1.78 bits per heavy atom. The standard InChI is InChI=1S/C44H62N2O11Se/c1-28(2)11-9-12-31-21-32-18-16-29(3)39(55-32)25-33(51-4)22-34-23-35(24-36(54-34)26-41(48)56-31)57-43(49)42(58-37-13-7-6-8-14-37)38(47)19-17-30-27-53-40(46-30)15-10-20-45-44(50)52-5/h6-10,12-15,27-29,31-36,38-39,42,47H,11,16-26H2,1-5H3,(H,45,50)/b12-9+,15-10-/t29-,31-,32-,33-,34+,35+,36+,38?,39+,42?/m0/s1. The van der Waals surface area contributed by atoms with Gasteiger partial charge in [-0.1, -0.05) is 13.8 Å². The summed E-state index contributed by atoms with van der Waals surface area (Å²) in [6.07, 6.45) is 11.5. The third-order valence-electron chi connectivity index (χ3n) is 10.8. The van der Waals surface area contributed by atoms with Crippen molar-refractivity contribution in [3.8, 4) is 0 Å². The van der Waals surface area contributed by atoms with Gasteiger partial charge in [0.2, 0.25) is 0 Å². The van der Waals surface area contributed by atoms with Crippen molar-refractivity contribution in [3.63, 3.8) is 0 Å². The Bertz CT molecular complexity index is 1630. The Hall–Kier alpha value is -3.52. The first-order chi connectivity index (χ1) is 28.0. The number of aromatic nitrogens is 1. The van der Waals surface area contributed by atoms with Crippen LogP contribution >= 0.6 is 0 Å². The van der Waals surface area contributed by atoms with E-state index in [1.54, 1.807) is 19.3 Å². The molecule has 4 bridgehead atoms. The molecule has 3 fully saturated rings. The van der Waals surface area contributed by atoms with Gasteiger partial charge in [-0.25, -0.2) is 4.79 Å². The van der Waals surface area contributed by atoms with E-state index in [1.807, 2.05) is 36.4 Å². The van der Waals surface area contributed by atoms with E-state index in [0.29, 0.717) is 61.9 Å². The number of cyclic esters (lactones) is 1. The van der Waals surface area contributed by atoms with E-state index in [4.69, 9.17) is 28.1 Å². The van der Waals surface area contributed by atoms with Gasteiger partial charge in [0.15, 0.2) is 0 Å². The summed E-state index contributed by atoms with van der Waals surface area (Å²) in [7, 11) is 3.00. The molecule has 2 N–H and O–H groups in total. The molecular formula is C44H62N2O11Se. The molecule has 1 aromatic carbocycles. The first-order valence-corrected chi connectivity index (χ1v) is 22.5. The number of oxazole rings is 1. The Balaban J connectivity index is 1.28. The number of hydrogen-bond donors (Lipinski definition) is 2. The Morgan fingerprint density at radius 3 is 2.53 bits per heavy atom. The summed E-state index contributed by atoms with van der Waals surface area (Å²) in [6, 6.07) is 9.65. The van der Waals surface area contributed by atoms with Gasteiger partial charge in [-0.3, -0.25) is 0 Å². The van der Waals surface area contributed by atoms with Crippen molar-refractivity contribution in [1.29, 1.82) is 0 Å². The number of esters is 2. The van der Waals surface area contributed by atoms with E-state index < -0.39 is 56.3 Å². The molecule has 2 unspecified atom stereocenters. The second kappa shape index (κ2) is 23.3. The van der Waals surface area contributed by atoms with Crippen LogP contribution in [0.25, 0.3) is 6.08 Å². The van der Waals surface area contributed by atoms with E-state index in [1.165, 1.54) is 13.4 Å². The van der Waals surface area contributed by atoms with Gasteiger partial charge in [-0.05, 0) is 18.8 Å². The van der Waals surface area contributed by atoms with Crippen molar-refractivity contribution in [2.45, 2.75) is 145 Å². The fourth-order valence-corrected chi connectivity index (χ4v) is 9.87. The molecule has 0 saturated carbocycles. The van der Waals surface area contributed by atoms with Crippen molar-refractivity contribution in [2.75, 3.05) is 20.8 Å². The predicted octanol–water partition coefficient (Wildman–Crippen LogP) is 5.90. The molecular weight excluding hydrogens is 811 g/mol. The van der Waals surface area contributed by atoms with Crippen molar-refractivity contribution < 1.29 is 52.3 Å². The zero-order valence-corrected chi connectivity index (χ0v) is 36.2. The molecule has 0 radical (unpaired) electrons. The van der Waals surface area contributed by atoms with Gasteiger partial charge in [-0.2, -0.15) is 0 Å². The first kappa shape index (κ1) is 45.6. The molecule has 0 aliphatic carbocycles. The van der Waals surface area contributed by atoms with Crippen LogP contribution in [0.2, 0.25) is 4.82 Å². The number of benzene rings is 1. The third kappa shape index (κ3) is 14.9. The van der Waals surface area contributed by atoms with Crippen molar-refractivity contribution >= 4 is 43.5 Å². The van der Waals surface area contributed by atoms with E-state index in [2.05, 4.69) is 41.9 Å². The molecule has 4 heterocycles. The molecule has 1 amide bonds. The molecule has 5 rings (SSSR count). The quantitative estimate of drug-likeness (QED) is 0.0944.